The van der Waals surface area contributed by atoms with E-state index in [2.05, 4.69) is 26.6 Å². The first-order chi connectivity index (χ1) is 27.1. The molecule has 0 spiro atoms. The minimum atomic E-state index is -4.71. The molecule has 2 rings (SSSR count). The third kappa shape index (κ3) is 19.6. The number of amides is 6. The Labute approximate surface area is 342 Å². The van der Waals surface area contributed by atoms with Gasteiger partial charge in [0.05, 0.1) is 5.56 Å². The van der Waals surface area contributed by atoms with Crippen LogP contribution in [0.5, 0.6) is 0 Å². The van der Waals surface area contributed by atoms with Crippen molar-refractivity contribution in [2.45, 2.75) is 116 Å². The van der Waals surface area contributed by atoms with Crippen molar-refractivity contribution in [2.24, 2.45) is 0 Å². The van der Waals surface area contributed by atoms with E-state index in [0.29, 0.717) is 6.07 Å². The summed E-state index contributed by atoms with van der Waals surface area (Å²) in [7, 11) is 0. The van der Waals surface area contributed by atoms with Crippen LogP contribution < -0.4 is 26.6 Å². The number of aliphatic hydroxyl groups is 1. The topological polar surface area (TPSA) is 214 Å². The van der Waals surface area contributed by atoms with Crippen LogP contribution in [0.1, 0.15) is 79.9 Å². The van der Waals surface area contributed by atoms with Crippen LogP contribution in [-0.2, 0) is 41.2 Å². The molecule has 0 fully saturated rings. The SMILES string of the molecule is CC(C)(C)OC(=O)NCCN(CCNC(=O)OC(C)(C)C)C(=O)[C@@H](O)C(NC(=O)OC(C)(C)C)C(=O)N[C@@H](CCc1ccccc1)C(=O)Nc1cccc(C(F)(F)F)c1. The maximum atomic E-state index is 14.1. The van der Waals surface area contributed by atoms with Crippen molar-refractivity contribution in [3.05, 3.63) is 65.7 Å². The van der Waals surface area contributed by atoms with Gasteiger partial charge >= 0.3 is 24.5 Å². The molecule has 0 bridgehead atoms. The molecule has 19 heteroatoms. The van der Waals surface area contributed by atoms with Gasteiger partial charge in [-0.1, -0.05) is 36.4 Å². The van der Waals surface area contributed by atoms with Gasteiger partial charge in [0.1, 0.15) is 28.9 Å². The van der Waals surface area contributed by atoms with Gasteiger partial charge < -0.3 is 50.8 Å². The van der Waals surface area contributed by atoms with Gasteiger partial charge in [0.25, 0.3) is 5.91 Å². The molecule has 0 saturated heterocycles. The van der Waals surface area contributed by atoms with Gasteiger partial charge in [-0.3, -0.25) is 14.4 Å². The second-order valence-electron chi connectivity index (χ2n) is 16.4. The van der Waals surface area contributed by atoms with Gasteiger partial charge in [0.15, 0.2) is 6.10 Å². The zero-order valence-corrected chi connectivity index (χ0v) is 34.9. The average molecular weight is 839 g/mol. The van der Waals surface area contributed by atoms with Crippen LogP contribution in [0, 0.1) is 0 Å². The number of aryl methyl sites for hydroxylation is 1. The minimum Gasteiger partial charge on any atom is -0.444 e. The van der Waals surface area contributed by atoms with Crippen LogP contribution in [0.2, 0.25) is 0 Å². The molecule has 2 aromatic carbocycles. The maximum Gasteiger partial charge on any atom is 0.416 e. The van der Waals surface area contributed by atoms with E-state index in [1.807, 2.05) is 0 Å². The third-order valence-corrected chi connectivity index (χ3v) is 7.59. The quantitative estimate of drug-likeness (QED) is 0.126. The van der Waals surface area contributed by atoms with Crippen molar-refractivity contribution in [2.75, 3.05) is 31.5 Å². The van der Waals surface area contributed by atoms with Gasteiger partial charge in [-0.05, 0) is 98.9 Å². The number of aliphatic hydroxyl groups excluding tert-OH is 1. The summed E-state index contributed by atoms with van der Waals surface area (Å²) < 4.78 is 56.1. The summed E-state index contributed by atoms with van der Waals surface area (Å²) >= 11 is 0. The molecule has 0 aliphatic heterocycles. The normalized spacial score (nSPS) is 13.4. The smallest absolute Gasteiger partial charge is 0.416 e. The first kappa shape index (κ1) is 49.6. The first-order valence-corrected chi connectivity index (χ1v) is 18.9. The predicted molar refractivity (Wildman–Crippen MR) is 211 cm³/mol. The molecule has 0 aromatic heterocycles. The molecule has 1 unspecified atom stereocenters. The molecule has 0 radical (unpaired) electrons. The van der Waals surface area contributed by atoms with E-state index in [1.54, 1.807) is 71.9 Å². The number of nitrogens with zero attached hydrogens (tertiary/aromatic N) is 1. The zero-order chi connectivity index (χ0) is 44.8. The summed E-state index contributed by atoms with van der Waals surface area (Å²) in [5.74, 6) is -3.31. The number of benzene rings is 2. The highest BCUT2D eigenvalue weighted by atomic mass is 19.4. The second kappa shape index (κ2) is 21.4. The fourth-order valence-electron chi connectivity index (χ4n) is 5.09. The van der Waals surface area contributed by atoms with Crippen molar-refractivity contribution < 1.29 is 61.3 Å². The maximum absolute atomic E-state index is 14.1. The second-order valence-corrected chi connectivity index (χ2v) is 16.4. The largest absolute Gasteiger partial charge is 0.444 e. The van der Waals surface area contributed by atoms with E-state index in [4.69, 9.17) is 14.2 Å². The molecular formula is C40H57F3N6O10. The van der Waals surface area contributed by atoms with Crippen molar-refractivity contribution >= 4 is 41.7 Å². The van der Waals surface area contributed by atoms with Crippen LogP contribution >= 0.6 is 0 Å². The summed E-state index contributed by atoms with van der Waals surface area (Å²) in [6.07, 6.45) is -9.83. The highest BCUT2D eigenvalue weighted by Crippen LogP contribution is 2.30. The number of halogens is 3. The monoisotopic (exact) mass is 838 g/mol. The Bertz CT molecular complexity index is 1710. The molecular weight excluding hydrogens is 781 g/mol. The Morgan fingerprint density at radius 1 is 0.678 bits per heavy atom. The number of hydrogen-bond acceptors (Lipinski definition) is 10. The van der Waals surface area contributed by atoms with E-state index in [1.165, 1.54) is 26.8 Å². The van der Waals surface area contributed by atoms with E-state index >= 15 is 0 Å². The van der Waals surface area contributed by atoms with E-state index < -0.39 is 82.7 Å². The molecule has 0 aliphatic rings. The van der Waals surface area contributed by atoms with Gasteiger partial charge in [-0.25, -0.2) is 14.4 Å². The van der Waals surface area contributed by atoms with Crippen molar-refractivity contribution in [1.29, 1.82) is 0 Å². The number of nitrogens with one attached hydrogen (secondary N) is 5. The molecule has 0 saturated carbocycles. The van der Waals surface area contributed by atoms with Crippen molar-refractivity contribution in [1.82, 2.24) is 26.2 Å². The van der Waals surface area contributed by atoms with Crippen molar-refractivity contribution in [3.63, 3.8) is 0 Å². The molecule has 6 N–H and O–H groups in total. The number of rotatable bonds is 16. The summed E-state index contributed by atoms with van der Waals surface area (Å²) in [6.45, 7) is 13.4. The fraction of sp³-hybridized carbons (Fsp3) is 0.550. The van der Waals surface area contributed by atoms with Gasteiger partial charge in [0, 0.05) is 31.9 Å². The van der Waals surface area contributed by atoms with Gasteiger partial charge in [0.2, 0.25) is 11.8 Å². The number of ether oxygens (including phenoxy) is 3. The lowest BCUT2D eigenvalue weighted by atomic mass is 10.0. The Balaban J connectivity index is 2.46. The first-order valence-electron chi connectivity index (χ1n) is 18.9. The Kier molecular flexibility index (Phi) is 18.0. The molecule has 3 atom stereocenters. The van der Waals surface area contributed by atoms with Gasteiger partial charge in [-0.15, -0.1) is 0 Å². The number of alkyl halides is 3. The van der Waals surface area contributed by atoms with E-state index in [9.17, 15) is 47.0 Å². The summed E-state index contributed by atoms with van der Waals surface area (Å²) in [5.41, 5.74) is -3.30. The van der Waals surface area contributed by atoms with Crippen LogP contribution in [-0.4, -0.2) is 107 Å². The summed E-state index contributed by atoms with van der Waals surface area (Å²) in [5, 5.41) is 23.5. The highest BCUT2D eigenvalue weighted by molar-refractivity contribution is 6.00. The lowest BCUT2D eigenvalue weighted by molar-refractivity contribution is -0.145. The number of anilines is 1. The number of carbonyl (C=O) groups is 6. The third-order valence-electron chi connectivity index (χ3n) is 7.59. The average Bonchev–Trinajstić information content (AvgIpc) is 3.08. The molecule has 59 heavy (non-hydrogen) atoms. The molecule has 16 nitrogen and oxygen atoms in total. The number of alkyl carbamates (subject to hydrolysis) is 3. The van der Waals surface area contributed by atoms with Crippen molar-refractivity contribution in [3.8, 4) is 0 Å². The lowest BCUT2D eigenvalue weighted by Gasteiger charge is -2.31. The number of carbonyl (C=O) groups excluding carboxylic acids is 6. The summed E-state index contributed by atoms with van der Waals surface area (Å²) in [4.78, 5) is 80.4. The van der Waals surface area contributed by atoms with E-state index in [0.717, 1.165) is 22.6 Å². The van der Waals surface area contributed by atoms with Crippen LogP contribution in [0.3, 0.4) is 0 Å². The minimum absolute atomic E-state index is 0.109. The number of hydrogen-bond donors (Lipinski definition) is 6. The Morgan fingerprint density at radius 3 is 1.68 bits per heavy atom. The summed E-state index contributed by atoms with van der Waals surface area (Å²) in [6, 6.07) is 9.02. The lowest BCUT2D eigenvalue weighted by Crippen LogP contribution is -2.61. The Hall–Kier alpha value is -5.59. The predicted octanol–water partition coefficient (Wildman–Crippen LogP) is 4.89. The van der Waals surface area contributed by atoms with Crippen LogP contribution in [0.15, 0.2) is 54.6 Å². The molecule has 0 heterocycles. The molecule has 328 valence electrons. The van der Waals surface area contributed by atoms with Crippen LogP contribution in [0.25, 0.3) is 0 Å². The van der Waals surface area contributed by atoms with Gasteiger partial charge in [-0.2, -0.15) is 13.2 Å². The zero-order valence-electron chi connectivity index (χ0n) is 34.9. The molecule has 6 amide bonds. The van der Waals surface area contributed by atoms with Crippen LogP contribution in [0.4, 0.5) is 33.2 Å². The molecule has 2 aromatic rings. The fourth-order valence-corrected chi connectivity index (χ4v) is 5.09. The van der Waals surface area contributed by atoms with E-state index in [-0.39, 0.29) is 44.7 Å². The Morgan fingerprint density at radius 2 is 1.19 bits per heavy atom. The molecule has 0 aliphatic carbocycles. The highest BCUT2D eigenvalue weighted by Gasteiger charge is 2.39. The standard InChI is InChI=1S/C40H57F3N6O10/c1-37(2,3)57-34(54)44-20-22-49(23-21-45-35(55)58-38(4,5)6)33(53)30(50)29(48-36(56)59-39(7,8)9)32(52)47-28(19-18-25-14-11-10-12-15-25)31(51)46-27-17-13-16-26(24-27)40(41,42)43/h10-17,24,28-30,50H,18-23H2,1-9H3,(H,44,54)(H,45,55)(H,46,51)(H,47,52)(H,48,56)/t28-,29?,30-/m0/s1.